The third-order valence-corrected chi connectivity index (χ3v) is 5.05. The lowest BCUT2D eigenvalue weighted by atomic mass is 9.96. The Morgan fingerprint density at radius 1 is 1.26 bits per heavy atom. The summed E-state index contributed by atoms with van der Waals surface area (Å²) < 4.78 is 30.8. The van der Waals surface area contributed by atoms with Gasteiger partial charge in [0.25, 0.3) is 0 Å². The van der Waals surface area contributed by atoms with Crippen LogP contribution in [0.5, 0.6) is 11.6 Å². The summed E-state index contributed by atoms with van der Waals surface area (Å²) >= 11 is 0. The summed E-state index contributed by atoms with van der Waals surface area (Å²) in [5, 5.41) is 0. The van der Waals surface area contributed by atoms with Crippen LogP contribution in [0.1, 0.15) is 24.5 Å². The van der Waals surface area contributed by atoms with E-state index in [2.05, 4.69) is 15.0 Å². The van der Waals surface area contributed by atoms with Crippen molar-refractivity contribution < 1.29 is 13.2 Å². The molecule has 3 rings (SSSR count). The van der Waals surface area contributed by atoms with Gasteiger partial charge in [-0.1, -0.05) is 0 Å². The fourth-order valence-corrected chi connectivity index (χ4v) is 3.59. The normalized spacial score (nSPS) is 19.4. The van der Waals surface area contributed by atoms with Crippen molar-refractivity contribution in [1.29, 1.82) is 0 Å². The molecule has 0 aromatic carbocycles. The van der Waals surface area contributed by atoms with Crippen molar-refractivity contribution in [2.45, 2.75) is 18.8 Å². The predicted octanol–water partition coefficient (Wildman–Crippen LogP) is 1.80. The Hall–Kier alpha value is -2.06. The Kier molecular flexibility index (Phi) is 4.53. The molecule has 2 aromatic heterocycles. The van der Waals surface area contributed by atoms with Gasteiger partial charge in [0.15, 0.2) is 0 Å². The molecule has 1 fully saturated rings. The zero-order valence-corrected chi connectivity index (χ0v) is 13.6. The molecular formula is C15H18N4O3S. The number of hydrogen-bond donors (Lipinski definition) is 0. The highest BCUT2D eigenvalue weighted by atomic mass is 32.2. The lowest BCUT2D eigenvalue weighted by molar-refractivity contribution is 0.308. The van der Waals surface area contributed by atoms with Crippen LogP contribution in [0, 0.1) is 0 Å². The first-order chi connectivity index (χ1) is 11.0. The molecule has 8 heteroatoms. The minimum atomic E-state index is -3.20. The topological polar surface area (TPSA) is 85.3 Å². The smallest absolute Gasteiger partial charge is 0.241 e. The van der Waals surface area contributed by atoms with Crippen LogP contribution in [-0.4, -0.2) is 47.0 Å². The van der Waals surface area contributed by atoms with Gasteiger partial charge in [-0.05, 0) is 25.0 Å². The molecule has 122 valence electrons. The predicted molar refractivity (Wildman–Crippen MR) is 84.7 cm³/mol. The van der Waals surface area contributed by atoms with E-state index in [0.29, 0.717) is 30.4 Å². The first kappa shape index (κ1) is 15.8. The van der Waals surface area contributed by atoms with Crippen molar-refractivity contribution in [1.82, 2.24) is 19.3 Å². The van der Waals surface area contributed by atoms with Crippen LogP contribution in [0.4, 0.5) is 0 Å². The minimum Gasteiger partial charge on any atom is -0.436 e. The van der Waals surface area contributed by atoms with Crippen LogP contribution in [0.3, 0.4) is 0 Å². The Morgan fingerprint density at radius 2 is 2.09 bits per heavy atom. The van der Waals surface area contributed by atoms with E-state index in [0.717, 1.165) is 12.8 Å². The molecule has 0 saturated carbocycles. The molecule has 1 saturated heterocycles. The molecule has 0 unspecified atom stereocenters. The van der Waals surface area contributed by atoms with Crippen molar-refractivity contribution in [3.05, 3.63) is 42.6 Å². The highest BCUT2D eigenvalue weighted by Gasteiger charge is 2.30. The Balaban J connectivity index is 1.85. The molecular weight excluding hydrogens is 316 g/mol. The molecule has 1 atom stereocenters. The third kappa shape index (κ3) is 3.83. The largest absolute Gasteiger partial charge is 0.436 e. The maximum absolute atomic E-state index is 11.8. The number of pyridine rings is 1. The van der Waals surface area contributed by atoms with E-state index in [1.165, 1.54) is 10.6 Å². The van der Waals surface area contributed by atoms with Crippen LogP contribution >= 0.6 is 0 Å². The second-order valence-corrected chi connectivity index (χ2v) is 7.48. The van der Waals surface area contributed by atoms with Crippen LogP contribution in [0.15, 0.2) is 36.9 Å². The number of piperidine rings is 1. The molecule has 0 aliphatic carbocycles. The van der Waals surface area contributed by atoms with Crippen LogP contribution in [0.2, 0.25) is 0 Å². The molecule has 3 heterocycles. The quantitative estimate of drug-likeness (QED) is 0.847. The highest BCUT2D eigenvalue weighted by Crippen LogP contribution is 2.32. The molecule has 7 nitrogen and oxygen atoms in total. The van der Waals surface area contributed by atoms with Gasteiger partial charge in [0.05, 0.1) is 12.5 Å². The van der Waals surface area contributed by atoms with E-state index in [1.807, 2.05) is 0 Å². The fraction of sp³-hybridized carbons (Fsp3) is 0.400. The van der Waals surface area contributed by atoms with Gasteiger partial charge < -0.3 is 4.74 Å². The van der Waals surface area contributed by atoms with Gasteiger partial charge in [0.2, 0.25) is 15.9 Å². The number of nitrogens with zero attached hydrogens (tertiary/aromatic N) is 4. The maximum Gasteiger partial charge on any atom is 0.241 e. The summed E-state index contributed by atoms with van der Waals surface area (Å²) in [7, 11) is -3.20. The molecule has 1 aliphatic rings. The maximum atomic E-state index is 11.8. The lowest BCUT2D eigenvalue weighted by Crippen LogP contribution is -2.38. The van der Waals surface area contributed by atoms with E-state index in [4.69, 9.17) is 4.74 Å². The van der Waals surface area contributed by atoms with E-state index < -0.39 is 10.0 Å². The minimum absolute atomic E-state index is 0.0288. The zero-order valence-electron chi connectivity index (χ0n) is 12.8. The van der Waals surface area contributed by atoms with E-state index in [1.54, 1.807) is 36.9 Å². The van der Waals surface area contributed by atoms with Gasteiger partial charge in [-0.2, -0.15) is 0 Å². The summed E-state index contributed by atoms with van der Waals surface area (Å²) in [5.74, 6) is 0.949. The van der Waals surface area contributed by atoms with Gasteiger partial charge in [-0.25, -0.2) is 17.7 Å². The molecule has 2 aromatic rings. The summed E-state index contributed by atoms with van der Waals surface area (Å²) in [6.07, 6.45) is 9.31. The van der Waals surface area contributed by atoms with Crippen molar-refractivity contribution in [3.8, 4) is 11.6 Å². The summed E-state index contributed by atoms with van der Waals surface area (Å²) in [5.41, 5.74) is 0.685. The molecule has 0 amide bonds. The summed E-state index contributed by atoms with van der Waals surface area (Å²) in [6, 6.07) is 3.56. The molecule has 0 spiro atoms. The molecule has 0 bridgehead atoms. The molecule has 1 aliphatic heterocycles. The SMILES string of the molecule is CS(=O)(=O)N1CCC[C@@H](c2nccnc2Oc2cccnc2)C1. The zero-order chi connectivity index (χ0) is 16.3. The van der Waals surface area contributed by atoms with E-state index >= 15 is 0 Å². The monoisotopic (exact) mass is 334 g/mol. The van der Waals surface area contributed by atoms with Crippen molar-refractivity contribution >= 4 is 10.0 Å². The number of sulfonamides is 1. The Morgan fingerprint density at radius 3 is 2.83 bits per heavy atom. The van der Waals surface area contributed by atoms with Gasteiger partial charge in [-0.3, -0.25) is 9.97 Å². The van der Waals surface area contributed by atoms with Crippen molar-refractivity contribution in [2.24, 2.45) is 0 Å². The van der Waals surface area contributed by atoms with Crippen LogP contribution in [0.25, 0.3) is 0 Å². The number of rotatable bonds is 4. The molecule has 23 heavy (non-hydrogen) atoms. The first-order valence-electron chi connectivity index (χ1n) is 7.38. The number of hydrogen-bond acceptors (Lipinski definition) is 6. The fourth-order valence-electron chi connectivity index (χ4n) is 2.68. The van der Waals surface area contributed by atoms with Crippen LogP contribution < -0.4 is 4.74 Å². The molecule has 0 radical (unpaired) electrons. The molecule has 0 N–H and O–H groups in total. The highest BCUT2D eigenvalue weighted by molar-refractivity contribution is 7.88. The Bertz CT molecular complexity index is 767. The van der Waals surface area contributed by atoms with Crippen LogP contribution in [-0.2, 0) is 10.0 Å². The van der Waals surface area contributed by atoms with Gasteiger partial charge in [0.1, 0.15) is 11.4 Å². The lowest BCUT2D eigenvalue weighted by Gasteiger charge is -2.30. The first-order valence-corrected chi connectivity index (χ1v) is 9.23. The van der Waals surface area contributed by atoms with Crippen molar-refractivity contribution in [3.63, 3.8) is 0 Å². The summed E-state index contributed by atoms with van der Waals surface area (Å²) in [6.45, 7) is 0.954. The average molecular weight is 334 g/mol. The van der Waals surface area contributed by atoms with Gasteiger partial charge in [0, 0.05) is 37.6 Å². The van der Waals surface area contributed by atoms with Gasteiger partial charge >= 0.3 is 0 Å². The second kappa shape index (κ2) is 6.59. The van der Waals surface area contributed by atoms with Crippen molar-refractivity contribution in [2.75, 3.05) is 19.3 Å². The summed E-state index contributed by atoms with van der Waals surface area (Å²) in [4.78, 5) is 12.6. The van der Waals surface area contributed by atoms with E-state index in [-0.39, 0.29) is 5.92 Å². The standard InChI is InChI=1S/C15H18N4O3S/c1-23(20,21)19-9-3-4-12(11-19)14-15(18-8-7-17-14)22-13-5-2-6-16-10-13/h2,5-8,10,12H,3-4,9,11H2,1H3/t12-/m1/s1. The second-order valence-electron chi connectivity index (χ2n) is 5.50. The number of ether oxygens (including phenoxy) is 1. The van der Waals surface area contributed by atoms with E-state index in [9.17, 15) is 8.42 Å². The number of aromatic nitrogens is 3. The average Bonchev–Trinajstić information content (AvgIpc) is 2.56. The third-order valence-electron chi connectivity index (χ3n) is 3.78. The van der Waals surface area contributed by atoms with Gasteiger partial charge in [-0.15, -0.1) is 0 Å². The Labute approximate surface area is 135 Å².